The predicted octanol–water partition coefficient (Wildman–Crippen LogP) is 2.88. The molecule has 1 N–H and O–H groups in total. The van der Waals surface area contributed by atoms with Crippen molar-refractivity contribution < 1.29 is 5.11 Å². The Kier molecular flexibility index (Phi) is 2.55. The molecule has 1 nitrogen and oxygen atoms in total. The lowest BCUT2D eigenvalue weighted by Crippen LogP contribution is -1.78. The number of hydrogen-bond donors (Lipinski definition) is 1. The largest absolute Gasteiger partial charge is 0.385 e. The molecule has 0 atom stereocenters. The molecule has 0 heterocycles. The minimum atomic E-state index is 0.521. The highest BCUT2D eigenvalue weighted by Gasteiger charge is 1.95. The maximum atomic E-state index is 8.54. The summed E-state index contributed by atoms with van der Waals surface area (Å²) in [5.74, 6) is 0. The first kappa shape index (κ1) is 7.86. The molecule has 0 amide bonds. The van der Waals surface area contributed by atoms with E-state index in [9.17, 15) is 0 Å². The van der Waals surface area contributed by atoms with Crippen LogP contribution in [0.1, 0.15) is 5.56 Å². The Balaban J connectivity index is 3.06. The van der Waals surface area contributed by atoms with Crippen LogP contribution in [0.4, 0.5) is 0 Å². The average Bonchev–Trinajstić information content (AvgIpc) is 1.85. The van der Waals surface area contributed by atoms with E-state index in [-0.39, 0.29) is 0 Å². The van der Waals surface area contributed by atoms with Crippen molar-refractivity contribution in [1.29, 1.82) is 0 Å². The number of aliphatic hydroxyl groups is 1. The molecule has 1 aromatic rings. The molecule has 1 rings (SSSR count). The van der Waals surface area contributed by atoms with Crippen LogP contribution in [0.2, 0.25) is 10.0 Å². The van der Waals surface area contributed by atoms with Crippen molar-refractivity contribution in [2.24, 2.45) is 0 Å². The second-order valence-corrected chi connectivity index (χ2v) is 2.70. The fraction of sp³-hybridized carbons (Fsp3) is 0. The van der Waals surface area contributed by atoms with Gasteiger partial charge in [-0.25, -0.2) is 0 Å². The Morgan fingerprint density at radius 1 is 1.10 bits per heavy atom. The van der Waals surface area contributed by atoms with Crippen molar-refractivity contribution in [2.45, 2.75) is 0 Å². The second-order valence-electron chi connectivity index (χ2n) is 1.83. The molecule has 0 saturated heterocycles. The third-order valence-electron chi connectivity index (χ3n) is 1.03. The van der Waals surface area contributed by atoms with Gasteiger partial charge in [-0.05, 0) is 23.8 Å². The maximum absolute atomic E-state index is 8.54. The van der Waals surface area contributed by atoms with Crippen molar-refractivity contribution in [3.05, 3.63) is 40.4 Å². The number of aliphatic hydroxyl groups excluding tert-OH is 1. The summed E-state index contributed by atoms with van der Waals surface area (Å²) in [6.45, 7) is 0.956. The van der Waals surface area contributed by atoms with Crippen LogP contribution < -0.4 is 0 Å². The lowest BCUT2D eigenvalue weighted by molar-refractivity contribution is 0.415. The maximum Gasteiger partial charge on any atom is 0.109 e. The van der Waals surface area contributed by atoms with E-state index < -0.39 is 0 Å². The van der Waals surface area contributed by atoms with Crippen LogP contribution in [0.15, 0.2) is 18.2 Å². The molecule has 0 saturated carbocycles. The first-order chi connectivity index (χ1) is 4.72. The van der Waals surface area contributed by atoms with Gasteiger partial charge in [-0.3, -0.25) is 0 Å². The molecule has 0 unspecified atom stereocenters. The Morgan fingerprint density at radius 2 is 1.60 bits per heavy atom. The van der Waals surface area contributed by atoms with Crippen LogP contribution in [0, 0.1) is 6.61 Å². The highest BCUT2D eigenvalue weighted by Crippen LogP contribution is 2.19. The zero-order chi connectivity index (χ0) is 7.56. The molecule has 10 heavy (non-hydrogen) atoms. The van der Waals surface area contributed by atoms with Crippen LogP contribution in [0.5, 0.6) is 0 Å². The zero-order valence-electron chi connectivity index (χ0n) is 5.01. The van der Waals surface area contributed by atoms with Crippen molar-refractivity contribution >= 4 is 23.2 Å². The molecule has 0 fully saturated rings. The van der Waals surface area contributed by atoms with Crippen LogP contribution >= 0.6 is 23.2 Å². The van der Waals surface area contributed by atoms with E-state index in [1.54, 1.807) is 18.2 Å². The molecule has 1 aromatic carbocycles. The predicted molar refractivity (Wildman–Crippen MR) is 41.8 cm³/mol. The van der Waals surface area contributed by atoms with E-state index in [4.69, 9.17) is 28.3 Å². The molecule has 1 radical (unpaired) electrons. The highest BCUT2D eigenvalue weighted by molar-refractivity contribution is 6.34. The summed E-state index contributed by atoms with van der Waals surface area (Å²) in [5.41, 5.74) is 0.609. The summed E-state index contributed by atoms with van der Waals surface area (Å²) >= 11 is 11.2. The molecule has 0 bridgehead atoms. The van der Waals surface area contributed by atoms with Gasteiger partial charge in [0.05, 0.1) is 0 Å². The first-order valence-electron chi connectivity index (χ1n) is 2.66. The van der Waals surface area contributed by atoms with Crippen molar-refractivity contribution in [3.8, 4) is 0 Å². The monoisotopic (exact) mass is 175 g/mol. The second kappa shape index (κ2) is 3.24. The van der Waals surface area contributed by atoms with Crippen molar-refractivity contribution in [2.75, 3.05) is 0 Å². The van der Waals surface area contributed by atoms with E-state index in [1.807, 2.05) is 0 Å². The molecule has 0 spiro atoms. The Labute approximate surface area is 69.2 Å². The van der Waals surface area contributed by atoms with Crippen molar-refractivity contribution in [3.63, 3.8) is 0 Å². The normalized spacial score (nSPS) is 9.90. The third-order valence-corrected chi connectivity index (χ3v) is 1.47. The molecule has 0 aliphatic carbocycles. The van der Waals surface area contributed by atoms with Gasteiger partial charge in [-0.2, -0.15) is 0 Å². The molecule has 0 aromatic heterocycles. The Hall–Kier alpha value is -0.240. The van der Waals surface area contributed by atoms with Crippen molar-refractivity contribution in [1.82, 2.24) is 0 Å². The van der Waals surface area contributed by atoms with E-state index in [2.05, 4.69) is 0 Å². The fourth-order valence-electron chi connectivity index (χ4n) is 0.650. The van der Waals surface area contributed by atoms with Crippen LogP contribution in [0.25, 0.3) is 0 Å². The Bertz CT molecular complexity index is 215. The standard InChI is InChI=1S/C7H5Cl2O/c8-6-1-5(4-10)2-7(9)3-6/h1-4,10H. The topological polar surface area (TPSA) is 20.2 Å². The molecule has 53 valence electrons. The van der Waals surface area contributed by atoms with Crippen LogP contribution in [0.3, 0.4) is 0 Å². The van der Waals surface area contributed by atoms with Gasteiger partial charge in [0, 0.05) is 10.0 Å². The third kappa shape index (κ3) is 1.87. The highest BCUT2D eigenvalue weighted by atomic mass is 35.5. The molecular formula is C7H5Cl2O. The van der Waals surface area contributed by atoms with Gasteiger partial charge in [0.15, 0.2) is 0 Å². The Morgan fingerprint density at radius 3 is 2.00 bits per heavy atom. The summed E-state index contributed by atoms with van der Waals surface area (Å²) in [6, 6.07) is 4.84. The van der Waals surface area contributed by atoms with Crippen LogP contribution in [-0.4, -0.2) is 5.11 Å². The number of halogens is 2. The zero-order valence-corrected chi connectivity index (χ0v) is 6.52. The molecule has 0 aliphatic heterocycles. The van der Waals surface area contributed by atoms with Gasteiger partial charge < -0.3 is 5.11 Å². The summed E-state index contributed by atoms with van der Waals surface area (Å²) < 4.78 is 0. The minimum Gasteiger partial charge on any atom is -0.385 e. The quantitative estimate of drug-likeness (QED) is 0.697. The molecule has 3 heteroatoms. The average molecular weight is 176 g/mol. The van der Waals surface area contributed by atoms with Gasteiger partial charge in [0.2, 0.25) is 0 Å². The van der Waals surface area contributed by atoms with Gasteiger partial charge in [-0.15, -0.1) is 0 Å². The molecular weight excluding hydrogens is 171 g/mol. The summed E-state index contributed by atoms with van der Waals surface area (Å²) in [4.78, 5) is 0. The van der Waals surface area contributed by atoms with E-state index in [0.717, 1.165) is 6.61 Å². The van der Waals surface area contributed by atoms with Gasteiger partial charge >= 0.3 is 0 Å². The van der Waals surface area contributed by atoms with E-state index in [0.29, 0.717) is 15.6 Å². The number of rotatable bonds is 1. The number of benzene rings is 1. The fourth-order valence-corrected chi connectivity index (χ4v) is 1.19. The van der Waals surface area contributed by atoms with E-state index in [1.165, 1.54) is 0 Å². The van der Waals surface area contributed by atoms with E-state index >= 15 is 0 Å². The number of hydrogen-bond acceptors (Lipinski definition) is 1. The lowest BCUT2D eigenvalue weighted by Gasteiger charge is -1.96. The minimum absolute atomic E-state index is 0.521. The summed E-state index contributed by atoms with van der Waals surface area (Å²) in [5, 5.41) is 9.59. The van der Waals surface area contributed by atoms with Gasteiger partial charge in [0.25, 0.3) is 0 Å². The smallest absolute Gasteiger partial charge is 0.109 e. The first-order valence-corrected chi connectivity index (χ1v) is 3.41. The van der Waals surface area contributed by atoms with Gasteiger partial charge in [0.1, 0.15) is 6.61 Å². The summed E-state index contributed by atoms with van der Waals surface area (Å²) in [6.07, 6.45) is 0. The SMILES string of the molecule is O[CH]c1cc(Cl)cc(Cl)c1. The lowest BCUT2D eigenvalue weighted by atomic mass is 10.2. The molecule has 0 aliphatic rings. The summed E-state index contributed by atoms with van der Waals surface area (Å²) in [7, 11) is 0. The van der Waals surface area contributed by atoms with Crippen LogP contribution in [-0.2, 0) is 0 Å². The van der Waals surface area contributed by atoms with Gasteiger partial charge in [-0.1, -0.05) is 23.2 Å².